The number of pyridine rings is 1. The molecule has 0 aliphatic heterocycles. The maximum absolute atomic E-state index is 13.4. The monoisotopic (exact) mass is 426 g/mol. The van der Waals surface area contributed by atoms with Crippen molar-refractivity contribution < 1.29 is 9.53 Å². The molecule has 1 amide bonds. The van der Waals surface area contributed by atoms with E-state index in [0.717, 1.165) is 16.5 Å². The number of benzene rings is 2. The number of hydrogen-bond acceptors (Lipinski definition) is 4. The minimum Gasteiger partial charge on any atom is -0.385 e. The number of hydrogen-bond donors (Lipinski definition) is 1. The Hall–Kier alpha value is -3.97. The quantitative estimate of drug-likeness (QED) is 0.415. The standard InChI is InChI=1S/C25H22N4O3/c1-32-15-7-14-28-21(16-19-23(28)27-22-12-4-5-13-29(22)25(19)31)24(30)26-20-11-6-9-17-8-2-3-10-18(17)20/h2-6,8-13,16H,7,14-15H2,1H3,(H,26,30). The van der Waals surface area contributed by atoms with Gasteiger partial charge in [0.05, 0.1) is 5.39 Å². The molecule has 0 atom stereocenters. The molecule has 7 nitrogen and oxygen atoms in total. The van der Waals surface area contributed by atoms with Gasteiger partial charge >= 0.3 is 0 Å². The number of nitrogens with one attached hydrogen (secondary N) is 1. The maximum Gasteiger partial charge on any atom is 0.272 e. The highest BCUT2D eigenvalue weighted by molar-refractivity contribution is 6.10. The van der Waals surface area contributed by atoms with Crippen LogP contribution in [-0.4, -0.2) is 33.6 Å². The number of carbonyl (C=O) groups excluding carboxylic acids is 1. The van der Waals surface area contributed by atoms with Crippen LogP contribution in [0.25, 0.3) is 27.5 Å². The summed E-state index contributed by atoms with van der Waals surface area (Å²) in [6.45, 7) is 1.04. The zero-order valence-corrected chi connectivity index (χ0v) is 17.6. The fraction of sp³-hybridized carbons (Fsp3) is 0.160. The average molecular weight is 426 g/mol. The number of aryl methyl sites for hydroxylation is 1. The summed E-state index contributed by atoms with van der Waals surface area (Å²) in [5.74, 6) is -0.287. The summed E-state index contributed by atoms with van der Waals surface area (Å²) in [6.07, 6.45) is 2.37. The third-order valence-corrected chi connectivity index (χ3v) is 5.58. The zero-order chi connectivity index (χ0) is 22.1. The Bertz CT molecular complexity index is 1510. The van der Waals surface area contributed by atoms with Crippen LogP contribution in [0.4, 0.5) is 5.69 Å². The van der Waals surface area contributed by atoms with E-state index in [1.807, 2.05) is 53.1 Å². The second-order valence-electron chi connectivity index (χ2n) is 7.59. The highest BCUT2D eigenvalue weighted by Gasteiger charge is 2.20. The summed E-state index contributed by atoms with van der Waals surface area (Å²) >= 11 is 0. The number of fused-ring (bicyclic) bond motifs is 3. The molecule has 1 N–H and O–H groups in total. The fourth-order valence-electron chi connectivity index (χ4n) is 4.05. The maximum atomic E-state index is 13.4. The molecule has 7 heteroatoms. The molecule has 2 aromatic carbocycles. The number of rotatable bonds is 6. The van der Waals surface area contributed by atoms with E-state index in [9.17, 15) is 9.59 Å². The van der Waals surface area contributed by atoms with Crippen LogP contribution in [0.3, 0.4) is 0 Å². The Labute approximate surface area is 183 Å². The van der Waals surface area contributed by atoms with Crippen LogP contribution < -0.4 is 10.9 Å². The van der Waals surface area contributed by atoms with E-state index in [0.29, 0.717) is 41.9 Å². The van der Waals surface area contributed by atoms with Crippen LogP contribution in [-0.2, 0) is 11.3 Å². The van der Waals surface area contributed by atoms with E-state index >= 15 is 0 Å². The number of nitrogens with zero attached hydrogens (tertiary/aromatic N) is 3. The number of aromatic nitrogens is 3. The molecule has 0 spiro atoms. The van der Waals surface area contributed by atoms with E-state index in [1.165, 1.54) is 4.40 Å². The number of anilines is 1. The minimum absolute atomic E-state index is 0.199. The van der Waals surface area contributed by atoms with Crippen LogP contribution in [0.1, 0.15) is 16.9 Å². The van der Waals surface area contributed by atoms with Gasteiger partial charge in [0.15, 0.2) is 0 Å². The van der Waals surface area contributed by atoms with Gasteiger partial charge in [-0.05, 0) is 36.1 Å². The molecule has 160 valence electrons. The number of amides is 1. The molecule has 0 fully saturated rings. The first-order chi connectivity index (χ1) is 15.7. The summed E-state index contributed by atoms with van der Waals surface area (Å²) < 4.78 is 8.49. The molecule has 0 unspecified atom stereocenters. The molecular weight excluding hydrogens is 404 g/mol. The Kier molecular flexibility index (Phi) is 5.17. The van der Waals surface area contributed by atoms with E-state index in [4.69, 9.17) is 4.74 Å². The molecule has 0 aliphatic carbocycles. The van der Waals surface area contributed by atoms with Crippen molar-refractivity contribution in [3.05, 3.63) is 89.0 Å². The predicted octanol–water partition coefficient (Wildman–Crippen LogP) is 4.09. The Morgan fingerprint density at radius 3 is 2.72 bits per heavy atom. The van der Waals surface area contributed by atoms with Gasteiger partial charge in [-0.1, -0.05) is 42.5 Å². The smallest absolute Gasteiger partial charge is 0.272 e. The molecule has 0 saturated carbocycles. The molecule has 3 heterocycles. The molecule has 0 radical (unpaired) electrons. The largest absolute Gasteiger partial charge is 0.385 e. The van der Waals surface area contributed by atoms with Crippen molar-refractivity contribution in [3.63, 3.8) is 0 Å². The first kappa shape index (κ1) is 20.0. The zero-order valence-electron chi connectivity index (χ0n) is 17.6. The highest BCUT2D eigenvalue weighted by Crippen LogP contribution is 2.25. The topological polar surface area (TPSA) is 77.6 Å². The number of methoxy groups -OCH3 is 1. The summed E-state index contributed by atoms with van der Waals surface area (Å²) in [4.78, 5) is 31.2. The van der Waals surface area contributed by atoms with Crippen LogP contribution >= 0.6 is 0 Å². The van der Waals surface area contributed by atoms with Gasteiger partial charge in [-0.25, -0.2) is 4.98 Å². The van der Waals surface area contributed by atoms with Crippen molar-refractivity contribution in [2.45, 2.75) is 13.0 Å². The molecule has 5 aromatic rings. The van der Waals surface area contributed by atoms with E-state index < -0.39 is 0 Å². The lowest BCUT2D eigenvalue weighted by molar-refractivity contribution is 0.101. The highest BCUT2D eigenvalue weighted by atomic mass is 16.5. The van der Waals surface area contributed by atoms with E-state index in [2.05, 4.69) is 10.3 Å². The summed E-state index contributed by atoms with van der Waals surface area (Å²) in [5, 5.41) is 5.43. The second kappa shape index (κ2) is 8.28. The molecule has 0 aliphatic rings. The van der Waals surface area contributed by atoms with Gasteiger partial charge in [0.2, 0.25) is 0 Å². The molecule has 5 rings (SSSR count). The summed E-state index contributed by atoms with van der Waals surface area (Å²) in [5.41, 5.74) is 1.95. The van der Waals surface area contributed by atoms with Gasteiger partial charge < -0.3 is 14.6 Å². The fourth-order valence-corrected chi connectivity index (χ4v) is 4.05. The van der Waals surface area contributed by atoms with Gasteiger partial charge in [-0.2, -0.15) is 0 Å². The van der Waals surface area contributed by atoms with E-state index in [1.54, 1.807) is 31.5 Å². The normalized spacial score (nSPS) is 11.4. The molecular formula is C25H22N4O3. The van der Waals surface area contributed by atoms with Crippen molar-refractivity contribution in [2.24, 2.45) is 0 Å². The van der Waals surface area contributed by atoms with Gasteiger partial charge in [-0.3, -0.25) is 14.0 Å². The van der Waals surface area contributed by atoms with Crippen molar-refractivity contribution in [1.29, 1.82) is 0 Å². The van der Waals surface area contributed by atoms with Crippen molar-refractivity contribution in [2.75, 3.05) is 19.0 Å². The van der Waals surface area contributed by atoms with Crippen molar-refractivity contribution in [1.82, 2.24) is 14.0 Å². The lowest BCUT2D eigenvalue weighted by atomic mass is 10.1. The lowest BCUT2D eigenvalue weighted by Crippen LogP contribution is -2.18. The Morgan fingerprint density at radius 1 is 1.03 bits per heavy atom. The van der Waals surface area contributed by atoms with Crippen LogP contribution in [0, 0.1) is 0 Å². The van der Waals surface area contributed by atoms with Gasteiger partial charge in [0.1, 0.15) is 17.0 Å². The average Bonchev–Trinajstić information content (AvgIpc) is 3.18. The van der Waals surface area contributed by atoms with Crippen LogP contribution in [0.15, 0.2) is 77.7 Å². The number of carbonyl (C=O) groups is 1. The van der Waals surface area contributed by atoms with Crippen molar-refractivity contribution >= 4 is 39.0 Å². The SMILES string of the molecule is COCCCn1c(C(=O)Nc2cccc3ccccc23)cc2c(=O)n3ccccc3nc21. The van der Waals surface area contributed by atoms with Gasteiger partial charge in [-0.15, -0.1) is 0 Å². The van der Waals surface area contributed by atoms with Crippen molar-refractivity contribution in [3.8, 4) is 0 Å². The van der Waals surface area contributed by atoms with Gasteiger partial charge in [0, 0.05) is 37.5 Å². The molecule has 0 saturated heterocycles. The van der Waals surface area contributed by atoms with Crippen LogP contribution in [0.2, 0.25) is 0 Å². The first-order valence-electron chi connectivity index (χ1n) is 10.5. The summed E-state index contributed by atoms with van der Waals surface area (Å²) in [7, 11) is 1.64. The molecule has 3 aromatic heterocycles. The predicted molar refractivity (Wildman–Crippen MR) is 125 cm³/mol. The first-order valence-corrected chi connectivity index (χ1v) is 10.5. The Balaban J connectivity index is 1.63. The molecule has 32 heavy (non-hydrogen) atoms. The Morgan fingerprint density at radius 2 is 1.84 bits per heavy atom. The third kappa shape index (κ3) is 3.42. The lowest BCUT2D eigenvalue weighted by Gasteiger charge is -2.12. The van der Waals surface area contributed by atoms with E-state index in [-0.39, 0.29) is 11.5 Å². The second-order valence-corrected chi connectivity index (χ2v) is 7.59. The summed E-state index contributed by atoms with van der Waals surface area (Å²) in [6, 6.07) is 20.7. The van der Waals surface area contributed by atoms with Gasteiger partial charge in [0.25, 0.3) is 11.5 Å². The third-order valence-electron chi connectivity index (χ3n) is 5.58. The minimum atomic E-state index is -0.287. The molecule has 0 bridgehead atoms. The van der Waals surface area contributed by atoms with Crippen LogP contribution in [0.5, 0.6) is 0 Å². The number of ether oxygens (including phenoxy) is 1.